The Morgan fingerprint density at radius 3 is 2.39 bits per heavy atom. The number of pyridine rings is 1. The molecule has 7 heteroatoms. The fourth-order valence-electron chi connectivity index (χ4n) is 3.94. The summed E-state index contributed by atoms with van der Waals surface area (Å²) in [6.07, 6.45) is -1.64. The highest BCUT2D eigenvalue weighted by Crippen LogP contribution is 2.44. The third kappa shape index (κ3) is 4.42. The van der Waals surface area contributed by atoms with Gasteiger partial charge in [0.05, 0.1) is 0 Å². The largest absolute Gasteiger partial charge is 0.449 e. The van der Waals surface area contributed by atoms with Crippen molar-refractivity contribution >= 4 is 17.7 Å². The van der Waals surface area contributed by atoms with Crippen LogP contribution in [-0.4, -0.2) is 40.5 Å². The summed E-state index contributed by atoms with van der Waals surface area (Å²) in [6, 6.07) is 17.8. The molecule has 2 atom stereocenters. The Kier molecular flexibility index (Phi) is 6.23. The number of carbonyl (C=O) groups excluding carboxylic acids is 1. The highest BCUT2D eigenvalue weighted by atomic mass is 35.5. The second-order valence-corrected chi connectivity index (χ2v) is 7.97. The quantitative estimate of drug-likeness (QED) is 0.506. The lowest BCUT2D eigenvalue weighted by atomic mass is 9.98. The number of benzene rings is 2. The number of aryl methyl sites for hydroxylation is 1. The summed E-state index contributed by atoms with van der Waals surface area (Å²) in [5.41, 5.74) is 5.64. The number of nitrogens with one attached hydrogen (secondary N) is 1. The first-order valence-corrected chi connectivity index (χ1v) is 10.4. The van der Waals surface area contributed by atoms with E-state index in [-0.39, 0.29) is 24.2 Å². The minimum absolute atomic E-state index is 0.0501. The number of aliphatic hydroxyl groups excluding tert-OH is 2. The second-order valence-electron chi connectivity index (χ2n) is 7.61. The van der Waals surface area contributed by atoms with Gasteiger partial charge in [-0.05, 0) is 40.8 Å². The number of amides is 1. The number of rotatable bonds is 6. The number of alkyl carbamates (subject to hydrolysis) is 1. The van der Waals surface area contributed by atoms with E-state index in [0.29, 0.717) is 5.56 Å². The molecule has 1 aliphatic carbocycles. The van der Waals surface area contributed by atoms with Crippen molar-refractivity contribution in [3.63, 3.8) is 0 Å². The van der Waals surface area contributed by atoms with Crippen molar-refractivity contribution in [2.45, 2.75) is 25.0 Å². The fourth-order valence-corrected chi connectivity index (χ4v) is 4.15. The van der Waals surface area contributed by atoms with Gasteiger partial charge < -0.3 is 20.3 Å². The second kappa shape index (κ2) is 9.06. The normalized spacial score (nSPS) is 14.5. The van der Waals surface area contributed by atoms with Gasteiger partial charge in [-0.15, -0.1) is 0 Å². The van der Waals surface area contributed by atoms with Crippen LogP contribution in [-0.2, 0) is 4.74 Å². The molecule has 4 rings (SSSR count). The molecule has 31 heavy (non-hydrogen) atoms. The van der Waals surface area contributed by atoms with Crippen molar-refractivity contribution in [2.75, 3.05) is 13.2 Å². The third-order valence-corrected chi connectivity index (χ3v) is 5.80. The monoisotopic (exact) mass is 438 g/mol. The predicted octanol–water partition coefficient (Wildman–Crippen LogP) is 3.98. The van der Waals surface area contributed by atoms with E-state index in [2.05, 4.69) is 22.4 Å². The summed E-state index contributed by atoms with van der Waals surface area (Å²) in [7, 11) is 0. The summed E-state index contributed by atoms with van der Waals surface area (Å²) in [6.45, 7) is 1.79. The average Bonchev–Trinajstić information content (AvgIpc) is 3.11. The van der Waals surface area contributed by atoms with Crippen molar-refractivity contribution in [2.24, 2.45) is 0 Å². The molecule has 0 saturated heterocycles. The zero-order chi connectivity index (χ0) is 22.0. The Balaban J connectivity index is 1.35. The summed E-state index contributed by atoms with van der Waals surface area (Å²) < 4.78 is 5.44. The van der Waals surface area contributed by atoms with Gasteiger partial charge >= 0.3 is 6.09 Å². The van der Waals surface area contributed by atoms with E-state index in [0.717, 1.165) is 27.8 Å². The van der Waals surface area contributed by atoms with Gasteiger partial charge in [0.1, 0.15) is 24.0 Å². The maximum atomic E-state index is 12.2. The first-order chi connectivity index (χ1) is 15.0. The van der Waals surface area contributed by atoms with Crippen molar-refractivity contribution < 1.29 is 19.7 Å². The molecule has 1 amide bonds. The van der Waals surface area contributed by atoms with Crippen LogP contribution >= 0.6 is 11.6 Å². The number of carbonyl (C=O) groups is 1. The van der Waals surface area contributed by atoms with Gasteiger partial charge in [-0.1, -0.05) is 60.1 Å². The van der Waals surface area contributed by atoms with Crippen LogP contribution in [0.2, 0.25) is 5.15 Å². The zero-order valence-electron chi connectivity index (χ0n) is 17.0. The molecule has 1 heterocycles. The van der Waals surface area contributed by atoms with E-state index < -0.39 is 18.3 Å². The van der Waals surface area contributed by atoms with E-state index in [1.165, 1.54) is 0 Å². The molecule has 3 aromatic rings. The Morgan fingerprint density at radius 2 is 1.74 bits per heavy atom. The first kappa shape index (κ1) is 21.3. The van der Waals surface area contributed by atoms with Crippen molar-refractivity contribution in [1.82, 2.24) is 10.3 Å². The highest BCUT2D eigenvalue weighted by molar-refractivity contribution is 6.30. The Morgan fingerprint density at radius 1 is 1.13 bits per heavy atom. The summed E-state index contributed by atoms with van der Waals surface area (Å²) in [5.74, 6) is -0.0501. The molecule has 0 radical (unpaired) electrons. The summed E-state index contributed by atoms with van der Waals surface area (Å²) in [5, 5.41) is 23.2. The summed E-state index contributed by atoms with van der Waals surface area (Å²) >= 11 is 6.01. The van der Waals surface area contributed by atoms with E-state index in [4.69, 9.17) is 16.3 Å². The average molecular weight is 439 g/mol. The molecule has 0 spiro atoms. The lowest BCUT2D eigenvalue weighted by molar-refractivity contribution is 0.0184. The molecule has 1 aliphatic rings. The lowest BCUT2D eigenvalue weighted by Crippen LogP contribution is -2.36. The van der Waals surface area contributed by atoms with Gasteiger partial charge in [0, 0.05) is 24.2 Å². The predicted molar refractivity (Wildman–Crippen MR) is 118 cm³/mol. The molecule has 2 unspecified atom stereocenters. The number of aliphatic hydroxyl groups is 2. The van der Waals surface area contributed by atoms with Crippen LogP contribution < -0.4 is 5.32 Å². The third-order valence-electron chi connectivity index (χ3n) is 5.49. The molecule has 2 aromatic carbocycles. The van der Waals surface area contributed by atoms with Crippen LogP contribution in [0.3, 0.4) is 0 Å². The smallest absolute Gasteiger partial charge is 0.407 e. The zero-order valence-corrected chi connectivity index (χ0v) is 17.7. The van der Waals surface area contributed by atoms with Crippen LogP contribution in [0.1, 0.15) is 34.3 Å². The minimum Gasteiger partial charge on any atom is -0.449 e. The number of fused-ring (bicyclic) bond motifs is 3. The molecule has 6 nitrogen and oxygen atoms in total. The molecule has 3 N–H and O–H groups in total. The van der Waals surface area contributed by atoms with Crippen LogP contribution in [0.4, 0.5) is 4.79 Å². The van der Waals surface area contributed by atoms with Gasteiger partial charge in [0.2, 0.25) is 0 Å². The molecular weight excluding hydrogens is 416 g/mol. The van der Waals surface area contributed by atoms with Gasteiger partial charge in [-0.3, -0.25) is 0 Å². The highest BCUT2D eigenvalue weighted by Gasteiger charge is 2.29. The van der Waals surface area contributed by atoms with E-state index in [1.54, 1.807) is 19.2 Å². The Bertz CT molecular complexity index is 1060. The first-order valence-electron chi connectivity index (χ1n) is 10.0. The Labute approximate surface area is 185 Å². The molecule has 0 fully saturated rings. The molecular formula is C24H23ClN2O4. The standard InChI is InChI=1S/C24H23ClN2O4/c1-14-10-19(23(25)26-11-14)22(29)21(28)12-27-24(30)31-13-20-17-8-4-2-6-15(17)16-7-3-5-9-18(16)20/h2-11,20-22,28-29H,12-13H2,1H3,(H,27,30). The molecule has 160 valence electrons. The number of hydrogen-bond donors (Lipinski definition) is 3. The topological polar surface area (TPSA) is 91.7 Å². The van der Waals surface area contributed by atoms with Crippen molar-refractivity contribution in [3.05, 3.63) is 88.2 Å². The number of aromatic nitrogens is 1. The van der Waals surface area contributed by atoms with Gasteiger partial charge in [0.15, 0.2) is 0 Å². The van der Waals surface area contributed by atoms with E-state index in [9.17, 15) is 15.0 Å². The van der Waals surface area contributed by atoms with Crippen LogP contribution in [0.15, 0.2) is 60.8 Å². The Hall–Kier alpha value is -2.93. The molecule has 0 saturated carbocycles. The van der Waals surface area contributed by atoms with Crippen molar-refractivity contribution in [1.29, 1.82) is 0 Å². The van der Waals surface area contributed by atoms with Crippen molar-refractivity contribution in [3.8, 4) is 11.1 Å². The van der Waals surface area contributed by atoms with E-state index in [1.807, 2.05) is 36.4 Å². The number of halogens is 1. The maximum absolute atomic E-state index is 12.2. The van der Waals surface area contributed by atoms with Crippen LogP contribution in [0.25, 0.3) is 11.1 Å². The van der Waals surface area contributed by atoms with Gasteiger partial charge in [-0.2, -0.15) is 0 Å². The number of nitrogens with zero attached hydrogens (tertiary/aromatic N) is 1. The minimum atomic E-state index is -1.28. The maximum Gasteiger partial charge on any atom is 0.407 e. The molecule has 0 aliphatic heterocycles. The number of ether oxygens (including phenoxy) is 1. The molecule has 0 bridgehead atoms. The van der Waals surface area contributed by atoms with Crippen LogP contribution in [0, 0.1) is 6.92 Å². The van der Waals surface area contributed by atoms with Gasteiger partial charge in [-0.25, -0.2) is 9.78 Å². The number of hydrogen-bond acceptors (Lipinski definition) is 5. The van der Waals surface area contributed by atoms with Crippen LogP contribution in [0.5, 0.6) is 0 Å². The van der Waals surface area contributed by atoms with Gasteiger partial charge in [0.25, 0.3) is 0 Å². The lowest BCUT2D eigenvalue weighted by Gasteiger charge is -2.20. The molecule has 1 aromatic heterocycles. The van der Waals surface area contributed by atoms with E-state index >= 15 is 0 Å². The fraction of sp³-hybridized carbons (Fsp3) is 0.250. The summed E-state index contributed by atoms with van der Waals surface area (Å²) in [4.78, 5) is 16.2. The SMILES string of the molecule is Cc1cnc(Cl)c(C(O)C(O)CNC(=O)OCC2c3ccccc3-c3ccccc32)c1.